The van der Waals surface area contributed by atoms with Gasteiger partial charge in [0.05, 0.1) is 25.4 Å². The third-order valence-electron chi connectivity index (χ3n) is 8.57. The van der Waals surface area contributed by atoms with Crippen LogP contribution in [0.25, 0.3) is 0 Å². The smallest absolute Gasteiger partial charge is 0.311 e. The molecule has 0 saturated heterocycles. The van der Waals surface area contributed by atoms with E-state index in [4.69, 9.17) is 9.47 Å². The fraction of sp³-hybridized carbons (Fsp3) is 0.850. The quantitative estimate of drug-likeness (QED) is 0.0403. The predicted octanol–water partition coefficient (Wildman–Crippen LogP) is 13.6. The van der Waals surface area contributed by atoms with Crippen LogP contribution in [0, 0.1) is 0 Å². The highest BCUT2D eigenvalue weighted by atomic mass is 16.5. The van der Waals surface area contributed by atoms with Gasteiger partial charge in [-0.3, -0.25) is 9.59 Å². The maximum atomic E-state index is 11.8. The topological polar surface area (TPSA) is 52.6 Å². The number of rotatable bonds is 35. The summed E-state index contributed by atoms with van der Waals surface area (Å²) in [6.45, 7) is 4.55. The number of hydrogen-bond donors (Lipinski definition) is 0. The summed E-state index contributed by atoms with van der Waals surface area (Å²) < 4.78 is 10.2. The molecule has 0 N–H and O–H groups in total. The Morgan fingerprint density at radius 1 is 0.364 bits per heavy atom. The lowest BCUT2D eigenvalue weighted by atomic mass is 10.0. The maximum absolute atomic E-state index is 11.8. The van der Waals surface area contributed by atoms with Crippen molar-refractivity contribution in [3.63, 3.8) is 0 Å². The summed E-state index contributed by atoms with van der Waals surface area (Å²) in [7, 11) is 0. The first-order valence-electron chi connectivity index (χ1n) is 19.4. The van der Waals surface area contributed by atoms with E-state index in [0.29, 0.717) is 0 Å². The molecule has 4 heteroatoms. The second-order valence-corrected chi connectivity index (χ2v) is 13.0. The second-order valence-electron chi connectivity index (χ2n) is 13.0. The van der Waals surface area contributed by atoms with Crippen LogP contribution in [0.3, 0.4) is 0 Å². The summed E-state index contributed by atoms with van der Waals surface area (Å²) in [5.74, 6) is -0.768. The molecule has 0 aromatic heterocycles. The van der Waals surface area contributed by atoms with E-state index in [1.54, 1.807) is 0 Å². The Balaban J connectivity index is 3.38. The molecule has 258 valence electrons. The summed E-state index contributed by atoms with van der Waals surface area (Å²) in [5, 5.41) is 0. The van der Waals surface area contributed by atoms with Gasteiger partial charge in [-0.25, -0.2) is 0 Å². The van der Waals surface area contributed by atoms with E-state index < -0.39 is 0 Å². The summed E-state index contributed by atoms with van der Waals surface area (Å²) in [6, 6.07) is 0. The zero-order chi connectivity index (χ0) is 32.0. The maximum Gasteiger partial charge on any atom is 0.311 e. The first-order valence-corrected chi connectivity index (χ1v) is 19.4. The van der Waals surface area contributed by atoms with E-state index in [0.717, 1.165) is 25.7 Å². The largest absolute Gasteiger partial charge is 0.435 e. The number of ether oxygens (including phenoxy) is 2. The minimum absolute atomic E-state index is 0.0504. The zero-order valence-electron chi connectivity index (χ0n) is 29.6. The molecule has 0 aliphatic heterocycles. The molecule has 0 saturated carbocycles. The molecular weight excluding hydrogens is 544 g/mol. The van der Waals surface area contributed by atoms with Gasteiger partial charge in [-0.15, -0.1) is 0 Å². The molecule has 0 atom stereocenters. The third-order valence-corrected chi connectivity index (χ3v) is 8.57. The lowest BCUT2D eigenvalue weighted by Gasteiger charge is -2.03. The Bertz CT molecular complexity index is 598. The number of hydrogen-bond acceptors (Lipinski definition) is 4. The average molecular weight is 619 g/mol. The van der Waals surface area contributed by atoms with Crippen molar-refractivity contribution in [2.45, 2.75) is 219 Å². The lowest BCUT2D eigenvalue weighted by molar-refractivity contribution is -0.144. The van der Waals surface area contributed by atoms with Crippen molar-refractivity contribution in [3.8, 4) is 0 Å². The predicted molar refractivity (Wildman–Crippen MR) is 190 cm³/mol. The van der Waals surface area contributed by atoms with Gasteiger partial charge in [0, 0.05) is 0 Å². The van der Waals surface area contributed by atoms with Crippen molar-refractivity contribution in [1.29, 1.82) is 0 Å². The van der Waals surface area contributed by atoms with Gasteiger partial charge in [0.15, 0.2) is 0 Å². The number of allylic oxidation sites excluding steroid dienone is 2. The SMILES string of the molecule is CCCCCCCCCCCCCCCC/C=C/OC(=O)CCC(=O)O/C=C/CCCCCCCCCCCCCCCC. The van der Waals surface area contributed by atoms with Crippen molar-refractivity contribution < 1.29 is 19.1 Å². The molecule has 0 amide bonds. The second kappa shape index (κ2) is 37.6. The molecule has 0 aromatic carbocycles. The fourth-order valence-electron chi connectivity index (χ4n) is 5.62. The highest BCUT2D eigenvalue weighted by Crippen LogP contribution is 2.15. The van der Waals surface area contributed by atoms with E-state index in [1.165, 1.54) is 179 Å². The molecule has 0 aromatic rings. The van der Waals surface area contributed by atoms with Gasteiger partial charge in [-0.05, 0) is 37.8 Å². The van der Waals surface area contributed by atoms with Crippen LogP contribution < -0.4 is 0 Å². The molecule has 44 heavy (non-hydrogen) atoms. The molecule has 0 spiro atoms. The highest BCUT2D eigenvalue weighted by Gasteiger charge is 2.07. The standard InChI is InChI=1S/C40H74O4/c1-3-5-7-9-11-13-15-17-19-21-23-25-27-29-31-33-37-43-39(41)35-36-40(42)44-38-34-32-30-28-26-24-22-20-18-16-14-12-10-8-6-4-2/h33-34,37-38H,3-32,35-36H2,1-2H3/b37-33+,38-34+. The van der Waals surface area contributed by atoms with E-state index in [2.05, 4.69) is 13.8 Å². The summed E-state index contributed by atoms with van der Waals surface area (Å²) in [4.78, 5) is 23.7. The van der Waals surface area contributed by atoms with Crippen LogP contribution in [0.5, 0.6) is 0 Å². The minimum Gasteiger partial charge on any atom is -0.435 e. The molecule has 4 nitrogen and oxygen atoms in total. The number of unbranched alkanes of at least 4 members (excludes halogenated alkanes) is 28. The Morgan fingerprint density at radius 3 is 0.841 bits per heavy atom. The van der Waals surface area contributed by atoms with Crippen molar-refractivity contribution in [2.24, 2.45) is 0 Å². The van der Waals surface area contributed by atoms with Gasteiger partial charge in [0.1, 0.15) is 0 Å². The van der Waals surface area contributed by atoms with Crippen LogP contribution in [0.1, 0.15) is 219 Å². The average Bonchev–Trinajstić information content (AvgIpc) is 3.03. The van der Waals surface area contributed by atoms with Gasteiger partial charge in [0.2, 0.25) is 0 Å². The van der Waals surface area contributed by atoms with E-state index >= 15 is 0 Å². The molecule has 0 radical (unpaired) electrons. The molecule has 0 unspecified atom stereocenters. The van der Waals surface area contributed by atoms with E-state index in [9.17, 15) is 9.59 Å². The van der Waals surface area contributed by atoms with Crippen LogP contribution in [0.2, 0.25) is 0 Å². The third kappa shape index (κ3) is 36.6. The van der Waals surface area contributed by atoms with Gasteiger partial charge in [-0.2, -0.15) is 0 Å². The molecule has 0 aliphatic carbocycles. The van der Waals surface area contributed by atoms with Crippen molar-refractivity contribution in [1.82, 2.24) is 0 Å². The molecule has 0 bridgehead atoms. The number of esters is 2. The minimum atomic E-state index is -0.384. The normalized spacial score (nSPS) is 11.6. The van der Waals surface area contributed by atoms with Crippen LogP contribution in [-0.4, -0.2) is 11.9 Å². The monoisotopic (exact) mass is 619 g/mol. The first kappa shape index (κ1) is 42.4. The number of carbonyl (C=O) groups is 2. The summed E-state index contributed by atoms with van der Waals surface area (Å²) >= 11 is 0. The Labute approximate surface area is 274 Å². The highest BCUT2D eigenvalue weighted by molar-refractivity contribution is 5.78. The molecule has 0 rings (SSSR count). The first-order chi connectivity index (χ1) is 21.7. The summed E-state index contributed by atoms with van der Waals surface area (Å²) in [5.41, 5.74) is 0. The number of carbonyl (C=O) groups excluding carboxylic acids is 2. The Hall–Kier alpha value is -1.58. The van der Waals surface area contributed by atoms with Gasteiger partial charge < -0.3 is 9.47 Å². The molecule has 0 aliphatic rings. The molecule has 0 heterocycles. The lowest BCUT2D eigenvalue weighted by Crippen LogP contribution is -2.06. The van der Waals surface area contributed by atoms with Gasteiger partial charge in [-0.1, -0.05) is 181 Å². The summed E-state index contributed by atoms with van der Waals surface area (Å²) in [6.07, 6.45) is 46.7. The Morgan fingerprint density at radius 2 is 0.591 bits per heavy atom. The molecule has 0 fully saturated rings. The zero-order valence-corrected chi connectivity index (χ0v) is 29.6. The van der Waals surface area contributed by atoms with Crippen LogP contribution in [0.15, 0.2) is 24.7 Å². The van der Waals surface area contributed by atoms with Gasteiger partial charge in [0.25, 0.3) is 0 Å². The molecular formula is C40H74O4. The van der Waals surface area contributed by atoms with Crippen molar-refractivity contribution in [2.75, 3.05) is 0 Å². The van der Waals surface area contributed by atoms with Crippen molar-refractivity contribution in [3.05, 3.63) is 24.7 Å². The van der Waals surface area contributed by atoms with Gasteiger partial charge >= 0.3 is 11.9 Å². The fourth-order valence-corrected chi connectivity index (χ4v) is 5.62. The van der Waals surface area contributed by atoms with E-state index in [1.807, 2.05) is 12.2 Å². The van der Waals surface area contributed by atoms with Crippen molar-refractivity contribution >= 4 is 11.9 Å². The van der Waals surface area contributed by atoms with Crippen LogP contribution in [-0.2, 0) is 19.1 Å². The van der Waals surface area contributed by atoms with E-state index in [-0.39, 0.29) is 24.8 Å². The van der Waals surface area contributed by atoms with Crippen LogP contribution >= 0.6 is 0 Å². The van der Waals surface area contributed by atoms with Crippen LogP contribution in [0.4, 0.5) is 0 Å². The Kier molecular flexibility index (Phi) is 36.3.